The van der Waals surface area contributed by atoms with Gasteiger partial charge in [-0.3, -0.25) is 5.10 Å². The monoisotopic (exact) mass is 266 g/mol. The Labute approximate surface area is 114 Å². The molecule has 96 valence electrons. The van der Waals surface area contributed by atoms with Crippen LogP contribution in [0.4, 0.5) is 0 Å². The topological polar surface area (TPSA) is 28.7 Å². The van der Waals surface area contributed by atoms with Crippen LogP contribution in [0.2, 0.25) is 19.6 Å². The smallest absolute Gasteiger partial charge is 0.100 e. The number of rotatable bonds is 2. The molecule has 0 atom stereocenters. The number of hydrogen-bond acceptors (Lipinski definition) is 1. The molecular formula is C16H18N2Si. The van der Waals surface area contributed by atoms with E-state index in [4.69, 9.17) is 0 Å². The first kappa shape index (κ1) is 12.2. The first-order valence-electron chi connectivity index (χ1n) is 6.60. The van der Waals surface area contributed by atoms with E-state index in [-0.39, 0.29) is 0 Å². The number of hydrogen-bond donors (Lipinski definition) is 1. The third-order valence-corrected chi connectivity index (χ3v) is 5.32. The van der Waals surface area contributed by atoms with E-state index in [1.807, 2.05) is 0 Å². The fourth-order valence-electron chi connectivity index (χ4n) is 2.29. The van der Waals surface area contributed by atoms with Crippen LogP contribution in [0.5, 0.6) is 0 Å². The zero-order chi connectivity index (χ0) is 13.5. The van der Waals surface area contributed by atoms with Crippen LogP contribution in [0.1, 0.15) is 0 Å². The summed E-state index contributed by atoms with van der Waals surface area (Å²) in [7, 11) is -1.33. The van der Waals surface area contributed by atoms with E-state index in [0.29, 0.717) is 0 Å². The van der Waals surface area contributed by atoms with Crippen molar-refractivity contribution in [1.29, 1.82) is 0 Å². The summed E-state index contributed by atoms with van der Waals surface area (Å²) in [6.07, 6.45) is 0. The van der Waals surface area contributed by atoms with Gasteiger partial charge in [-0.25, -0.2) is 0 Å². The van der Waals surface area contributed by atoms with Crippen molar-refractivity contribution in [2.45, 2.75) is 19.6 Å². The molecule has 0 radical (unpaired) electrons. The van der Waals surface area contributed by atoms with Crippen molar-refractivity contribution in [3.05, 3.63) is 48.5 Å². The van der Waals surface area contributed by atoms with Crippen LogP contribution < -0.4 is 5.32 Å². The normalized spacial score (nSPS) is 11.9. The molecule has 0 saturated carbocycles. The van der Waals surface area contributed by atoms with Gasteiger partial charge in [0.1, 0.15) is 8.07 Å². The van der Waals surface area contributed by atoms with Crippen molar-refractivity contribution >= 4 is 24.2 Å². The number of aromatic amines is 1. The number of aromatic nitrogens is 2. The number of benzene rings is 2. The molecule has 3 rings (SSSR count). The lowest BCUT2D eigenvalue weighted by molar-refractivity contribution is 1.11. The van der Waals surface area contributed by atoms with Crippen LogP contribution in [0.25, 0.3) is 22.0 Å². The van der Waals surface area contributed by atoms with Crippen LogP contribution in [0.3, 0.4) is 0 Å². The molecule has 0 saturated heterocycles. The molecule has 1 aromatic heterocycles. The molecule has 0 spiro atoms. The molecule has 3 heteroatoms. The van der Waals surface area contributed by atoms with Gasteiger partial charge < -0.3 is 0 Å². The summed E-state index contributed by atoms with van der Waals surface area (Å²) in [5.74, 6) is 0. The first-order valence-corrected chi connectivity index (χ1v) is 10.1. The Bertz CT molecular complexity index is 717. The van der Waals surface area contributed by atoms with E-state index in [0.717, 1.165) is 5.69 Å². The standard InChI is InChI=1S/C16H18N2Si/c1-19(2,3)16-11-15(17-18-16)14-10-6-8-12-7-4-5-9-13(12)14/h4-11H,1-3H3,(H,17,18). The lowest BCUT2D eigenvalue weighted by Gasteiger charge is -2.11. The second-order valence-electron chi connectivity index (χ2n) is 5.94. The van der Waals surface area contributed by atoms with Gasteiger partial charge in [-0.1, -0.05) is 62.1 Å². The molecule has 0 unspecified atom stereocenters. The average Bonchev–Trinajstić information content (AvgIpc) is 2.87. The maximum Gasteiger partial charge on any atom is 0.100 e. The molecular weight excluding hydrogens is 248 g/mol. The zero-order valence-corrected chi connectivity index (χ0v) is 12.6. The Balaban J connectivity index is 2.17. The fraction of sp³-hybridized carbons (Fsp3) is 0.188. The van der Waals surface area contributed by atoms with Gasteiger partial charge in [0.05, 0.1) is 5.69 Å². The van der Waals surface area contributed by atoms with Gasteiger partial charge in [-0.15, -0.1) is 0 Å². The van der Waals surface area contributed by atoms with Crippen LogP contribution in [-0.2, 0) is 0 Å². The predicted molar refractivity (Wildman–Crippen MR) is 84.5 cm³/mol. The van der Waals surface area contributed by atoms with E-state index >= 15 is 0 Å². The molecule has 3 aromatic rings. The second-order valence-corrected chi connectivity index (χ2v) is 11.0. The van der Waals surface area contributed by atoms with Crippen LogP contribution in [0.15, 0.2) is 48.5 Å². The molecule has 2 aromatic carbocycles. The molecule has 0 amide bonds. The predicted octanol–water partition coefficient (Wildman–Crippen LogP) is 3.78. The zero-order valence-electron chi connectivity index (χ0n) is 11.6. The SMILES string of the molecule is C[Si](C)(C)c1cc(-c2cccc3ccccc23)n[nH]1. The largest absolute Gasteiger partial charge is 0.286 e. The Morgan fingerprint density at radius 1 is 0.947 bits per heavy atom. The Morgan fingerprint density at radius 2 is 1.68 bits per heavy atom. The fourth-order valence-corrected chi connectivity index (χ4v) is 3.25. The number of nitrogens with one attached hydrogen (secondary N) is 1. The lowest BCUT2D eigenvalue weighted by Crippen LogP contribution is -2.38. The van der Waals surface area contributed by atoms with Crippen molar-refractivity contribution in [2.75, 3.05) is 0 Å². The van der Waals surface area contributed by atoms with Gasteiger partial charge in [-0.2, -0.15) is 5.10 Å². The van der Waals surface area contributed by atoms with Gasteiger partial charge in [0.25, 0.3) is 0 Å². The molecule has 1 N–H and O–H groups in total. The van der Waals surface area contributed by atoms with Crippen LogP contribution in [-0.4, -0.2) is 18.3 Å². The summed E-state index contributed by atoms with van der Waals surface area (Å²) in [5.41, 5.74) is 2.26. The van der Waals surface area contributed by atoms with E-state index in [1.54, 1.807) is 0 Å². The molecule has 2 nitrogen and oxygen atoms in total. The van der Waals surface area contributed by atoms with Crippen molar-refractivity contribution in [2.24, 2.45) is 0 Å². The Hall–Kier alpha value is -1.87. The highest BCUT2D eigenvalue weighted by Crippen LogP contribution is 2.26. The van der Waals surface area contributed by atoms with Gasteiger partial charge >= 0.3 is 0 Å². The third kappa shape index (κ3) is 2.21. The summed E-state index contributed by atoms with van der Waals surface area (Å²) in [6, 6.07) is 17.1. The van der Waals surface area contributed by atoms with Gasteiger partial charge in [0.2, 0.25) is 0 Å². The maximum absolute atomic E-state index is 4.51. The molecule has 0 aliphatic rings. The number of fused-ring (bicyclic) bond motifs is 1. The summed E-state index contributed by atoms with van der Waals surface area (Å²) in [5, 5.41) is 11.6. The van der Waals surface area contributed by atoms with Gasteiger partial charge in [0.15, 0.2) is 0 Å². The molecule has 0 aliphatic carbocycles. The molecule has 19 heavy (non-hydrogen) atoms. The maximum atomic E-state index is 4.51. The molecule has 0 fully saturated rings. The highest BCUT2D eigenvalue weighted by Gasteiger charge is 2.20. The van der Waals surface area contributed by atoms with Gasteiger partial charge in [0, 0.05) is 10.9 Å². The van der Waals surface area contributed by atoms with Crippen molar-refractivity contribution in [3.63, 3.8) is 0 Å². The van der Waals surface area contributed by atoms with E-state index in [1.165, 1.54) is 21.7 Å². The van der Waals surface area contributed by atoms with Crippen LogP contribution in [0, 0.1) is 0 Å². The van der Waals surface area contributed by atoms with Crippen molar-refractivity contribution in [3.8, 4) is 11.3 Å². The number of H-pyrrole nitrogens is 1. The van der Waals surface area contributed by atoms with E-state index in [9.17, 15) is 0 Å². The van der Waals surface area contributed by atoms with Crippen molar-refractivity contribution in [1.82, 2.24) is 10.2 Å². The minimum atomic E-state index is -1.33. The minimum Gasteiger partial charge on any atom is -0.286 e. The summed E-state index contributed by atoms with van der Waals surface area (Å²) >= 11 is 0. The summed E-state index contributed by atoms with van der Waals surface area (Å²) < 4.78 is 0. The Morgan fingerprint density at radius 3 is 2.42 bits per heavy atom. The van der Waals surface area contributed by atoms with E-state index < -0.39 is 8.07 Å². The summed E-state index contributed by atoms with van der Waals surface area (Å²) in [6.45, 7) is 6.98. The summed E-state index contributed by atoms with van der Waals surface area (Å²) in [4.78, 5) is 0. The van der Waals surface area contributed by atoms with Crippen molar-refractivity contribution < 1.29 is 0 Å². The highest BCUT2D eigenvalue weighted by atomic mass is 28.3. The highest BCUT2D eigenvalue weighted by molar-refractivity contribution is 6.88. The quantitative estimate of drug-likeness (QED) is 0.703. The first-order chi connectivity index (χ1) is 9.05. The minimum absolute atomic E-state index is 1.05. The molecule has 0 aliphatic heterocycles. The lowest BCUT2D eigenvalue weighted by atomic mass is 10.0. The Kier molecular flexibility index (Phi) is 2.79. The molecule has 0 bridgehead atoms. The number of nitrogens with zero attached hydrogens (tertiary/aromatic N) is 1. The van der Waals surface area contributed by atoms with Crippen LogP contribution >= 0.6 is 0 Å². The second kappa shape index (κ2) is 4.35. The van der Waals surface area contributed by atoms with Gasteiger partial charge in [-0.05, 0) is 16.8 Å². The third-order valence-electron chi connectivity index (χ3n) is 3.45. The molecule has 1 heterocycles. The average molecular weight is 266 g/mol. The van der Waals surface area contributed by atoms with E-state index in [2.05, 4.69) is 78.4 Å².